The lowest BCUT2D eigenvalue weighted by Crippen LogP contribution is -2.21. The summed E-state index contributed by atoms with van der Waals surface area (Å²) < 4.78 is 3.67. The smallest absolute Gasteiger partial charge is 0.147 e. The summed E-state index contributed by atoms with van der Waals surface area (Å²) in [6.45, 7) is 8.71. The minimum atomic E-state index is 0.176. The van der Waals surface area contributed by atoms with E-state index in [1.807, 2.05) is 6.07 Å². The average molecular weight is 307 g/mol. The van der Waals surface area contributed by atoms with Crippen molar-refractivity contribution < 1.29 is 0 Å². The maximum Gasteiger partial charge on any atom is 0.147 e. The molecular weight excluding hydrogens is 287 g/mol. The Kier molecular flexibility index (Phi) is 6.25. The van der Waals surface area contributed by atoms with Gasteiger partial charge < -0.3 is 0 Å². The van der Waals surface area contributed by atoms with Crippen LogP contribution in [0.2, 0.25) is 10.2 Å². The summed E-state index contributed by atoms with van der Waals surface area (Å²) in [5, 5.41) is 0.872. The number of hydrogen-bond donors (Lipinski definition) is 1. The molecule has 2 nitrogen and oxygen atoms in total. The number of pyridine rings is 1. The molecule has 1 atom stereocenters. The molecule has 0 aliphatic carbocycles. The first-order valence-corrected chi connectivity index (χ1v) is 7.65. The molecule has 0 fully saturated rings. The van der Waals surface area contributed by atoms with Crippen molar-refractivity contribution in [2.75, 3.05) is 0 Å². The number of halogens is 2. The highest BCUT2D eigenvalue weighted by molar-refractivity contribution is 7.98. The van der Waals surface area contributed by atoms with E-state index in [2.05, 4.69) is 37.4 Å². The van der Waals surface area contributed by atoms with E-state index >= 15 is 0 Å². The highest BCUT2D eigenvalue weighted by Gasteiger charge is 2.17. The number of nitrogens with one attached hydrogen (secondary N) is 1. The number of aromatic nitrogens is 1. The van der Waals surface area contributed by atoms with Crippen molar-refractivity contribution in [3.05, 3.63) is 28.0 Å². The maximum absolute atomic E-state index is 6.02. The van der Waals surface area contributed by atoms with Gasteiger partial charge >= 0.3 is 0 Å². The molecule has 0 saturated heterocycles. The fourth-order valence-corrected chi connectivity index (χ4v) is 2.48. The summed E-state index contributed by atoms with van der Waals surface area (Å²) in [6, 6.07) is 2.15. The van der Waals surface area contributed by atoms with Gasteiger partial charge in [-0.1, -0.05) is 48.5 Å². The van der Waals surface area contributed by atoms with Crippen LogP contribution in [0.5, 0.6) is 0 Å². The Morgan fingerprint density at radius 1 is 1.39 bits per heavy atom. The van der Waals surface area contributed by atoms with Crippen molar-refractivity contribution in [3.63, 3.8) is 0 Å². The Labute approximate surface area is 124 Å². The third-order valence-corrected chi connectivity index (χ3v) is 4.01. The monoisotopic (exact) mass is 306 g/mol. The zero-order valence-electron chi connectivity index (χ0n) is 11.3. The lowest BCUT2D eigenvalue weighted by molar-refractivity contribution is 0.594. The predicted octanol–water partition coefficient (Wildman–Crippen LogP) is 5.27. The highest BCUT2D eigenvalue weighted by atomic mass is 35.5. The number of nitrogens with zero attached hydrogens (tertiary/aromatic N) is 1. The normalized spacial score (nSPS) is 13.7. The van der Waals surface area contributed by atoms with Crippen LogP contribution >= 0.6 is 35.1 Å². The fraction of sp³-hybridized carbons (Fsp3) is 0.615. The Balaban J connectivity index is 2.80. The summed E-state index contributed by atoms with van der Waals surface area (Å²) in [7, 11) is 0. The zero-order valence-corrected chi connectivity index (χ0v) is 13.6. The summed E-state index contributed by atoms with van der Waals surface area (Å²) >= 11 is 13.6. The van der Waals surface area contributed by atoms with E-state index in [4.69, 9.17) is 23.2 Å². The molecule has 1 unspecified atom stereocenters. The van der Waals surface area contributed by atoms with Crippen LogP contribution in [0.1, 0.15) is 52.1 Å². The lowest BCUT2D eigenvalue weighted by atomic mass is 10.1. The molecule has 0 saturated carbocycles. The van der Waals surface area contributed by atoms with Gasteiger partial charge in [-0.3, -0.25) is 4.72 Å². The second-order valence-corrected chi connectivity index (χ2v) is 7.64. The molecule has 102 valence electrons. The molecule has 1 rings (SSSR count). The van der Waals surface area contributed by atoms with Gasteiger partial charge in [0.15, 0.2) is 0 Å². The van der Waals surface area contributed by atoms with Crippen molar-refractivity contribution in [2.24, 2.45) is 0 Å². The van der Waals surface area contributed by atoms with Gasteiger partial charge in [-0.05, 0) is 38.8 Å². The largest absolute Gasteiger partial charge is 0.256 e. The van der Waals surface area contributed by atoms with Gasteiger partial charge in [0, 0.05) is 17.0 Å². The Morgan fingerprint density at radius 3 is 2.56 bits per heavy atom. The van der Waals surface area contributed by atoms with Crippen LogP contribution in [0.3, 0.4) is 0 Å². The van der Waals surface area contributed by atoms with E-state index in [1.54, 1.807) is 18.1 Å². The van der Waals surface area contributed by atoms with Crippen molar-refractivity contribution >= 4 is 35.1 Å². The zero-order chi connectivity index (χ0) is 13.8. The molecule has 0 aliphatic rings. The number of hydrogen-bond acceptors (Lipinski definition) is 3. The Morgan fingerprint density at radius 2 is 2.06 bits per heavy atom. The van der Waals surface area contributed by atoms with Crippen LogP contribution in [-0.4, -0.2) is 9.73 Å². The minimum Gasteiger partial charge on any atom is -0.256 e. The van der Waals surface area contributed by atoms with Gasteiger partial charge in [0.05, 0.1) is 5.02 Å². The van der Waals surface area contributed by atoms with E-state index in [0.29, 0.717) is 10.2 Å². The molecule has 1 aromatic heterocycles. The second-order valence-electron chi connectivity index (χ2n) is 5.21. The van der Waals surface area contributed by atoms with Crippen molar-refractivity contribution in [1.29, 1.82) is 0 Å². The van der Waals surface area contributed by atoms with Crippen molar-refractivity contribution in [1.82, 2.24) is 9.71 Å². The molecule has 0 aliphatic heterocycles. The Hall–Kier alpha value is 0.0400. The van der Waals surface area contributed by atoms with E-state index in [-0.39, 0.29) is 10.8 Å². The molecule has 0 aromatic carbocycles. The third kappa shape index (κ3) is 5.35. The second kappa shape index (κ2) is 6.99. The summed E-state index contributed by atoms with van der Waals surface area (Å²) in [4.78, 5) is 4.11. The molecule has 18 heavy (non-hydrogen) atoms. The van der Waals surface area contributed by atoms with E-state index in [9.17, 15) is 0 Å². The predicted molar refractivity (Wildman–Crippen MR) is 82.4 cm³/mol. The lowest BCUT2D eigenvalue weighted by Gasteiger charge is -2.24. The molecule has 1 aromatic rings. The van der Waals surface area contributed by atoms with Crippen LogP contribution in [0.4, 0.5) is 0 Å². The van der Waals surface area contributed by atoms with E-state index in [1.165, 1.54) is 0 Å². The molecule has 1 heterocycles. The quantitative estimate of drug-likeness (QED) is 0.593. The maximum atomic E-state index is 6.02. The van der Waals surface area contributed by atoms with Crippen LogP contribution in [-0.2, 0) is 0 Å². The topological polar surface area (TPSA) is 24.9 Å². The van der Waals surface area contributed by atoms with Crippen LogP contribution in [0, 0.1) is 0 Å². The van der Waals surface area contributed by atoms with Gasteiger partial charge in [-0.2, -0.15) is 0 Å². The third-order valence-electron chi connectivity index (χ3n) is 2.30. The first kappa shape index (κ1) is 16.1. The van der Waals surface area contributed by atoms with Gasteiger partial charge in [0.25, 0.3) is 0 Å². The van der Waals surface area contributed by atoms with Gasteiger partial charge in [-0.25, -0.2) is 4.98 Å². The molecular formula is C13H20Cl2N2S. The van der Waals surface area contributed by atoms with Crippen LogP contribution in [0.15, 0.2) is 12.3 Å². The standard InChI is InChI=1S/C13H20Cl2N2S/c1-5-6-11(17-18-13(2,3)4)9-7-10(14)12(15)16-8-9/h7-8,11,17H,5-6H2,1-4H3. The number of rotatable bonds is 5. The van der Waals surface area contributed by atoms with Crippen molar-refractivity contribution in [3.8, 4) is 0 Å². The summed E-state index contributed by atoms with van der Waals surface area (Å²) in [5.74, 6) is 0. The molecule has 5 heteroatoms. The molecule has 0 bridgehead atoms. The molecule has 0 amide bonds. The average Bonchev–Trinajstić information content (AvgIpc) is 2.27. The highest BCUT2D eigenvalue weighted by Crippen LogP contribution is 2.29. The summed E-state index contributed by atoms with van der Waals surface area (Å²) in [5.41, 5.74) is 1.09. The minimum absolute atomic E-state index is 0.176. The first-order valence-electron chi connectivity index (χ1n) is 6.08. The first-order chi connectivity index (χ1) is 8.33. The molecule has 0 spiro atoms. The SMILES string of the molecule is CCCC(NSC(C)(C)C)c1cnc(Cl)c(Cl)c1. The molecule has 0 radical (unpaired) electrons. The Bertz CT molecular complexity index is 391. The molecule has 1 N–H and O–H groups in total. The van der Waals surface area contributed by atoms with Gasteiger partial charge in [0.2, 0.25) is 0 Å². The van der Waals surface area contributed by atoms with Gasteiger partial charge in [0.1, 0.15) is 5.15 Å². The van der Waals surface area contributed by atoms with Gasteiger partial charge in [-0.15, -0.1) is 0 Å². The van der Waals surface area contributed by atoms with Crippen molar-refractivity contribution in [2.45, 2.75) is 51.3 Å². The van der Waals surface area contributed by atoms with Crippen LogP contribution in [0.25, 0.3) is 0 Å². The summed E-state index contributed by atoms with van der Waals surface area (Å²) in [6.07, 6.45) is 3.94. The van der Waals surface area contributed by atoms with E-state index < -0.39 is 0 Å². The van der Waals surface area contributed by atoms with Crippen LogP contribution < -0.4 is 4.72 Å². The fourth-order valence-electron chi connectivity index (χ4n) is 1.46. The van der Waals surface area contributed by atoms with E-state index in [0.717, 1.165) is 18.4 Å².